The molecule has 2 N–H and O–H groups in total. The van der Waals surface area contributed by atoms with Gasteiger partial charge in [-0.15, -0.1) is 0 Å². The van der Waals surface area contributed by atoms with Gasteiger partial charge in [0, 0.05) is 6.04 Å². The molecule has 0 saturated carbocycles. The van der Waals surface area contributed by atoms with Gasteiger partial charge in [0.15, 0.2) is 0 Å². The van der Waals surface area contributed by atoms with Crippen LogP contribution < -0.4 is 5.32 Å². The van der Waals surface area contributed by atoms with E-state index in [9.17, 15) is 9.90 Å². The Morgan fingerprint density at radius 1 is 1.28 bits per heavy atom. The summed E-state index contributed by atoms with van der Waals surface area (Å²) in [6, 6.07) is 0.189. The van der Waals surface area contributed by atoms with Crippen LogP contribution in [0.25, 0.3) is 0 Å². The standard InChI is InChI=1S/C14H30N2O2/c1-6-16(7-2)11-9-8-10-14(5,13(17)18)15-12(3)4/h12,15H,6-11H2,1-5H3,(H,17,18). The summed E-state index contributed by atoms with van der Waals surface area (Å²) < 4.78 is 0. The Morgan fingerprint density at radius 3 is 2.22 bits per heavy atom. The van der Waals surface area contributed by atoms with E-state index in [1.54, 1.807) is 6.92 Å². The van der Waals surface area contributed by atoms with Gasteiger partial charge in [-0.3, -0.25) is 10.1 Å². The second-order valence-electron chi connectivity index (χ2n) is 5.42. The molecule has 0 amide bonds. The Labute approximate surface area is 112 Å². The van der Waals surface area contributed by atoms with Crippen LogP contribution in [0.15, 0.2) is 0 Å². The fraction of sp³-hybridized carbons (Fsp3) is 0.929. The van der Waals surface area contributed by atoms with Gasteiger partial charge >= 0.3 is 5.97 Å². The molecule has 0 bridgehead atoms. The molecule has 108 valence electrons. The molecule has 0 aliphatic rings. The molecule has 0 heterocycles. The summed E-state index contributed by atoms with van der Waals surface area (Å²) in [4.78, 5) is 13.7. The second kappa shape index (κ2) is 8.48. The second-order valence-corrected chi connectivity index (χ2v) is 5.42. The van der Waals surface area contributed by atoms with E-state index in [1.807, 2.05) is 13.8 Å². The molecule has 0 spiro atoms. The predicted molar refractivity (Wildman–Crippen MR) is 76.0 cm³/mol. The number of unbranched alkanes of at least 4 members (excludes halogenated alkanes) is 1. The highest BCUT2D eigenvalue weighted by molar-refractivity contribution is 5.78. The highest BCUT2D eigenvalue weighted by atomic mass is 16.4. The van der Waals surface area contributed by atoms with Gasteiger partial charge in [-0.25, -0.2) is 0 Å². The zero-order chi connectivity index (χ0) is 14.2. The largest absolute Gasteiger partial charge is 0.480 e. The smallest absolute Gasteiger partial charge is 0.323 e. The average Bonchev–Trinajstić information content (AvgIpc) is 2.28. The van der Waals surface area contributed by atoms with Crippen molar-refractivity contribution < 1.29 is 9.90 Å². The lowest BCUT2D eigenvalue weighted by Crippen LogP contribution is -2.52. The van der Waals surface area contributed by atoms with Crippen LogP contribution in [-0.2, 0) is 4.79 Å². The fourth-order valence-corrected chi connectivity index (χ4v) is 2.23. The number of rotatable bonds is 10. The zero-order valence-electron chi connectivity index (χ0n) is 12.6. The Bertz CT molecular complexity index is 240. The van der Waals surface area contributed by atoms with Gasteiger partial charge in [0.25, 0.3) is 0 Å². The Hall–Kier alpha value is -0.610. The van der Waals surface area contributed by atoms with Crippen LogP contribution in [-0.4, -0.2) is 47.2 Å². The number of nitrogens with one attached hydrogen (secondary N) is 1. The highest BCUT2D eigenvalue weighted by Gasteiger charge is 2.32. The van der Waals surface area contributed by atoms with E-state index in [2.05, 4.69) is 24.1 Å². The van der Waals surface area contributed by atoms with Crippen LogP contribution in [0.4, 0.5) is 0 Å². The van der Waals surface area contributed by atoms with E-state index < -0.39 is 11.5 Å². The molecule has 0 aromatic heterocycles. The first kappa shape index (κ1) is 17.4. The highest BCUT2D eigenvalue weighted by Crippen LogP contribution is 2.15. The van der Waals surface area contributed by atoms with Crippen LogP contribution in [0, 0.1) is 0 Å². The van der Waals surface area contributed by atoms with Crippen LogP contribution >= 0.6 is 0 Å². The summed E-state index contributed by atoms with van der Waals surface area (Å²) in [7, 11) is 0. The van der Waals surface area contributed by atoms with Crippen molar-refractivity contribution in [3.05, 3.63) is 0 Å². The molecule has 0 saturated heterocycles. The van der Waals surface area contributed by atoms with Crippen molar-refractivity contribution in [1.29, 1.82) is 0 Å². The summed E-state index contributed by atoms with van der Waals surface area (Å²) in [5.74, 6) is -0.751. The number of carbonyl (C=O) groups is 1. The molecule has 0 aromatic rings. The molecule has 1 atom stereocenters. The van der Waals surface area contributed by atoms with Crippen molar-refractivity contribution >= 4 is 5.97 Å². The maximum Gasteiger partial charge on any atom is 0.323 e. The molecule has 0 radical (unpaired) electrons. The van der Waals surface area contributed by atoms with Crippen LogP contribution in [0.5, 0.6) is 0 Å². The lowest BCUT2D eigenvalue weighted by molar-refractivity contribution is -0.144. The Morgan fingerprint density at radius 2 is 1.83 bits per heavy atom. The van der Waals surface area contributed by atoms with Crippen molar-refractivity contribution in [3.8, 4) is 0 Å². The van der Waals surface area contributed by atoms with Crippen LogP contribution in [0.3, 0.4) is 0 Å². The van der Waals surface area contributed by atoms with Crippen molar-refractivity contribution in [3.63, 3.8) is 0 Å². The number of carboxylic acids is 1. The van der Waals surface area contributed by atoms with Crippen LogP contribution in [0.1, 0.15) is 53.9 Å². The summed E-state index contributed by atoms with van der Waals surface area (Å²) in [6.45, 7) is 13.3. The first-order chi connectivity index (χ1) is 8.35. The molecule has 0 aliphatic carbocycles. The van der Waals surface area contributed by atoms with E-state index in [-0.39, 0.29) is 6.04 Å². The van der Waals surface area contributed by atoms with Gasteiger partial charge in [-0.2, -0.15) is 0 Å². The molecule has 0 aromatic carbocycles. The number of hydrogen-bond acceptors (Lipinski definition) is 3. The topological polar surface area (TPSA) is 52.6 Å². The fourth-order valence-electron chi connectivity index (χ4n) is 2.23. The van der Waals surface area contributed by atoms with Gasteiger partial charge in [0.2, 0.25) is 0 Å². The van der Waals surface area contributed by atoms with Gasteiger partial charge in [-0.1, -0.05) is 13.8 Å². The number of aliphatic carboxylic acids is 1. The van der Waals surface area contributed by atoms with Crippen molar-refractivity contribution in [1.82, 2.24) is 10.2 Å². The third kappa shape index (κ3) is 6.36. The lowest BCUT2D eigenvalue weighted by atomic mass is 9.94. The zero-order valence-corrected chi connectivity index (χ0v) is 12.6. The SMILES string of the molecule is CCN(CC)CCCCC(C)(NC(C)C)C(=O)O. The third-order valence-electron chi connectivity index (χ3n) is 3.37. The molecular formula is C14H30N2O2. The molecule has 0 fully saturated rings. The summed E-state index contributed by atoms with van der Waals surface area (Å²) in [5, 5.41) is 12.5. The lowest BCUT2D eigenvalue weighted by Gasteiger charge is -2.29. The molecule has 18 heavy (non-hydrogen) atoms. The quantitative estimate of drug-likeness (QED) is 0.591. The first-order valence-electron chi connectivity index (χ1n) is 7.09. The normalized spacial score (nSPS) is 15.1. The maximum absolute atomic E-state index is 11.3. The van der Waals surface area contributed by atoms with E-state index in [0.29, 0.717) is 6.42 Å². The Balaban J connectivity index is 4.09. The average molecular weight is 258 g/mol. The van der Waals surface area contributed by atoms with Crippen molar-refractivity contribution in [2.75, 3.05) is 19.6 Å². The van der Waals surface area contributed by atoms with E-state index in [1.165, 1.54) is 0 Å². The van der Waals surface area contributed by atoms with Crippen LogP contribution in [0.2, 0.25) is 0 Å². The molecule has 4 heteroatoms. The minimum Gasteiger partial charge on any atom is -0.480 e. The number of hydrogen-bond donors (Lipinski definition) is 2. The molecular weight excluding hydrogens is 228 g/mol. The monoisotopic (exact) mass is 258 g/mol. The molecule has 0 aliphatic heterocycles. The Kier molecular flexibility index (Phi) is 8.20. The molecule has 4 nitrogen and oxygen atoms in total. The number of carboxylic acid groups (broad SMARTS) is 1. The van der Waals surface area contributed by atoms with E-state index in [0.717, 1.165) is 32.5 Å². The predicted octanol–water partition coefficient (Wildman–Crippen LogP) is 2.34. The minimum absolute atomic E-state index is 0.189. The summed E-state index contributed by atoms with van der Waals surface area (Å²) in [6.07, 6.45) is 2.69. The molecule has 1 unspecified atom stereocenters. The first-order valence-corrected chi connectivity index (χ1v) is 7.09. The van der Waals surface area contributed by atoms with Crippen molar-refractivity contribution in [2.24, 2.45) is 0 Å². The van der Waals surface area contributed by atoms with Gasteiger partial charge < -0.3 is 10.0 Å². The summed E-state index contributed by atoms with van der Waals surface area (Å²) in [5.41, 5.74) is -0.794. The summed E-state index contributed by atoms with van der Waals surface area (Å²) >= 11 is 0. The van der Waals surface area contributed by atoms with Gasteiger partial charge in [-0.05, 0) is 59.7 Å². The van der Waals surface area contributed by atoms with E-state index >= 15 is 0 Å². The third-order valence-corrected chi connectivity index (χ3v) is 3.37. The van der Waals surface area contributed by atoms with E-state index in [4.69, 9.17) is 0 Å². The maximum atomic E-state index is 11.3. The number of nitrogens with zero attached hydrogens (tertiary/aromatic N) is 1. The van der Waals surface area contributed by atoms with Gasteiger partial charge in [0.1, 0.15) is 5.54 Å². The molecule has 0 rings (SSSR count). The van der Waals surface area contributed by atoms with Gasteiger partial charge in [0.05, 0.1) is 0 Å². The minimum atomic E-state index is -0.794. The van der Waals surface area contributed by atoms with Crippen molar-refractivity contribution in [2.45, 2.75) is 65.5 Å².